The van der Waals surface area contributed by atoms with Crippen molar-refractivity contribution in [3.63, 3.8) is 0 Å². The van der Waals surface area contributed by atoms with Crippen molar-refractivity contribution in [2.24, 2.45) is 0 Å². The number of nitrogens with one attached hydrogen (secondary N) is 2. The Kier molecular flexibility index (Phi) is 2.93. The van der Waals surface area contributed by atoms with Gasteiger partial charge < -0.3 is 15.7 Å². The Bertz CT molecular complexity index is 667. The summed E-state index contributed by atoms with van der Waals surface area (Å²) in [7, 11) is 0. The molecule has 0 radical (unpaired) electrons. The molecule has 1 saturated carbocycles. The smallest absolute Gasteiger partial charge is 0.329 e. The fourth-order valence-electron chi connectivity index (χ4n) is 2.38. The molecule has 1 fully saturated rings. The van der Waals surface area contributed by atoms with E-state index in [0.29, 0.717) is 30.5 Å². The Balaban J connectivity index is 1.87. The highest BCUT2D eigenvalue weighted by Gasteiger charge is 2.51. The third-order valence-corrected chi connectivity index (χ3v) is 3.85. The fraction of sp³-hybridized carbons (Fsp3) is 0.357. The van der Waals surface area contributed by atoms with Gasteiger partial charge in [0.2, 0.25) is 5.91 Å². The first kappa shape index (κ1) is 13.5. The molecule has 0 spiro atoms. The van der Waals surface area contributed by atoms with E-state index in [0.717, 1.165) is 6.07 Å². The highest BCUT2D eigenvalue weighted by Crippen LogP contribution is 2.36. The number of anilines is 1. The lowest BCUT2D eigenvalue weighted by Gasteiger charge is -2.19. The number of halogens is 1. The largest absolute Gasteiger partial charge is 0.480 e. The van der Waals surface area contributed by atoms with Crippen LogP contribution < -0.4 is 10.6 Å². The average molecular weight is 292 g/mol. The summed E-state index contributed by atoms with van der Waals surface area (Å²) < 4.78 is 14.0. The summed E-state index contributed by atoms with van der Waals surface area (Å²) in [5.41, 5.74) is -0.424. The molecule has 6 nitrogen and oxygen atoms in total. The lowest BCUT2D eigenvalue weighted by atomic mass is 9.99. The number of carbonyl (C=O) groups is 3. The molecule has 7 heteroatoms. The molecule has 0 aromatic heterocycles. The van der Waals surface area contributed by atoms with Gasteiger partial charge in [-0.3, -0.25) is 9.59 Å². The molecule has 110 valence electrons. The molecule has 21 heavy (non-hydrogen) atoms. The number of benzene rings is 1. The van der Waals surface area contributed by atoms with Gasteiger partial charge in [-0.15, -0.1) is 0 Å². The lowest BCUT2D eigenvalue weighted by Crippen LogP contribution is -2.43. The van der Waals surface area contributed by atoms with E-state index >= 15 is 0 Å². The van der Waals surface area contributed by atoms with Crippen molar-refractivity contribution in [3.8, 4) is 0 Å². The monoisotopic (exact) mass is 292 g/mol. The normalized spacial score (nSPS) is 18.4. The lowest BCUT2D eigenvalue weighted by molar-refractivity contribution is -0.140. The van der Waals surface area contributed by atoms with Crippen molar-refractivity contribution in [1.29, 1.82) is 0 Å². The number of fused-ring (bicyclic) bond motifs is 1. The van der Waals surface area contributed by atoms with Crippen LogP contribution in [0, 0.1) is 5.82 Å². The van der Waals surface area contributed by atoms with Crippen LogP contribution in [0.15, 0.2) is 12.1 Å². The molecule has 0 unspecified atom stereocenters. The summed E-state index contributed by atoms with van der Waals surface area (Å²) in [6, 6.07) is 2.47. The van der Waals surface area contributed by atoms with Gasteiger partial charge in [0, 0.05) is 12.1 Å². The molecule has 2 aliphatic rings. The zero-order chi connectivity index (χ0) is 15.2. The van der Waals surface area contributed by atoms with Crippen LogP contribution in [0.2, 0.25) is 0 Å². The topological polar surface area (TPSA) is 95.5 Å². The van der Waals surface area contributed by atoms with Gasteiger partial charge in [-0.1, -0.05) is 0 Å². The standard InChI is InChI=1S/C14H13FN2O4/c15-9-6-10-7(1-2-11(18)16-10)5-8(9)12(19)17-14(3-4-14)13(20)21/h5-6H,1-4H2,(H,16,18)(H,17,19)(H,20,21). The molecule has 2 amide bonds. The van der Waals surface area contributed by atoms with E-state index in [1.165, 1.54) is 6.07 Å². The number of carbonyl (C=O) groups excluding carboxylic acids is 2. The average Bonchev–Trinajstić information content (AvgIpc) is 3.18. The first-order valence-corrected chi connectivity index (χ1v) is 6.59. The van der Waals surface area contributed by atoms with Crippen LogP contribution in [0.1, 0.15) is 35.2 Å². The maximum atomic E-state index is 14.0. The quantitative estimate of drug-likeness (QED) is 0.776. The number of amides is 2. The van der Waals surface area contributed by atoms with Crippen LogP contribution in [0.25, 0.3) is 0 Å². The third kappa shape index (κ3) is 2.35. The number of rotatable bonds is 3. The van der Waals surface area contributed by atoms with Crippen LogP contribution in [-0.2, 0) is 16.0 Å². The van der Waals surface area contributed by atoms with Gasteiger partial charge in [0.15, 0.2) is 0 Å². The Hall–Kier alpha value is -2.44. The van der Waals surface area contributed by atoms with E-state index in [1.54, 1.807) is 0 Å². The molecule has 0 bridgehead atoms. The van der Waals surface area contributed by atoms with Gasteiger partial charge in [-0.2, -0.15) is 0 Å². The summed E-state index contributed by atoms with van der Waals surface area (Å²) >= 11 is 0. The van der Waals surface area contributed by atoms with Crippen molar-refractivity contribution >= 4 is 23.5 Å². The molecule has 1 aliphatic carbocycles. The molecule has 3 N–H and O–H groups in total. The van der Waals surface area contributed by atoms with Gasteiger partial charge in [0.25, 0.3) is 5.91 Å². The molecule has 1 aliphatic heterocycles. The van der Waals surface area contributed by atoms with E-state index in [-0.39, 0.29) is 17.9 Å². The number of carboxylic acids is 1. The highest BCUT2D eigenvalue weighted by molar-refractivity contribution is 6.01. The Morgan fingerprint density at radius 1 is 1.29 bits per heavy atom. The summed E-state index contributed by atoms with van der Waals surface area (Å²) in [6.45, 7) is 0. The van der Waals surface area contributed by atoms with E-state index in [1.807, 2.05) is 0 Å². The van der Waals surface area contributed by atoms with Crippen molar-refractivity contribution in [2.45, 2.75) is 31.2 Å². The minimum absolute atomic E-state index is 0.193. The SMILES string of the molecule is O=C1CCc2cc(C(=O)NC3(C(=O)O)CC3)c(F)cc2N1. The Morgan fingerprint density at radius 3 is 2.62 bits per heavy atom. The predicted octanol–water partition coefficient (Wildman–Crippen LogP) is 1.06. The van der Waals surface area contributed by atoms with Crippen molar-refractivity contribution in [1.82, 2.24) is 5.32 Å². The number of hydrogen-bond acceptors (Lipinski definition) is 3. The van der Waals surface area contributed by atoms with Crippen LogP contribution in [-0.4, -0.2) is 28.4 Å². The van der Waals surface area contributed by atoms with E-state index in [2.05, 4.69) is 10.6 Å². The minimum Gasteiger partial charge on any atom is -0.480 e. The molecular weight excluding hydrogens is 279 g/mol. The summed E-state index contributed by atoms with van der Waals surface area (Å²) in [5, 5.41) is 13.9. The zero-order valence-corrected chi connectivity index (χ0v) is 11.0. The van der Waals surface area contributed by atoms with Gasteiger partial charge in [0.1, 0.15) is 11.4 Å². The zero-order valence-electron chi connectivity index (χ0n) is 11.0. The van der Waals surface area contributed by atoms with E-state index in [4.69, 9.17) is 5.11 Å². The highest BCUT2D eigenvalue weighted by atomic mass is 19.1. The second kappa shape index (κ2) is 4.54. The van der Waals surface area contributed by atoms with Gasteiger partial charge >= 0.3 is 5.97 Å². The first-order chi connectivity index (χ1) is 9.91. The summed E-state index contributed by atoms with van der Waals surface area (Å²) in [6.07, 6.45) is 1.39. The van der Waals surface area contributed by atoms with Crippen molar-refractivity contribution in [3.05, 3.63) is 29.1 Å². The summed E-state index contributed by atoms with van der Waals surface area (Å²) in [4.78, 5) is 34.4. The van der Waals surface area contributed by atoms with Gasteiger partial charge in [0.05, 0.1) is 5.56 Å². The molecule has 3 rings (SSSR count). The molecule has 0 atom stereocenters. The molecular formula is C14H13FN2O4. The predicted molar refractivity (Wildman–Crippen MR) is 70.4 cm³/mol. The van der Waals surface area contributed by atoms with Crippen molar-refractivity contribution < 1.29 is 23.9 Å². The summed E-state index contributed by atoms with van der Waals surface area (Å²) in [5.74, 6) is -2.83. The fourth-order valence-corrected chi connectivity index (χ4v) is 2.38. The van der Waals surface area contributed by atoms with Crippen LogP contribution >= 0.6 is 0 Å². The number of aliphatic carboxylic acids is 1. The Morgan fingerprint density at radius 2 is 2.00 bits per heavy atom. The van der Waals surface area contributed by atoms with E-state index < -0.39 is 23.2 Å². The first-order valence-electron chi connectivity index (χ1n) is 6.59. The maximum Gasteiger partial charge on any atom is 0.329 e. The van der Waals surface area contributed by atoms with E-state index in [9.17, 15) is 18.8 Å². The third-order valence-electron chi connectivity index (χ3n) is 3.85. The number of carboxylic acid groups (broad SMARTS) is 1. The second-order valence-electron chi connectivity index (χ2n) is 5.38. The maximum absolute atomic E-state index is 14.0. The molecule has 1 heterocycles. The number of aryl methyl sites for hydroxylation is 1. The second-order valence-corrected chi connectivity index (χ2v) is 5.38. The number of hydrogen-bond donors (Lipinski definition) is 3. The van der Waals surface area contributed by atoms with Crippen LogP contribution in [0.3, 0.4) is 0 Å². The molecule has 1 aromatic rings. The van der Waals surface area contributed by atoms with Crippen LogP contribution in [0.5, 0.6) is 0 Å². The minimum atomic E-state index is -1.26. The van der Waals surface area contributed by atoms with Crippen LogP contribution in [0.4, 0.5) is 10.1 Å². The van der Waals surface area contributed by atoms with Gasteiger partial charge in [-0.25, -0.2) is 9.18 Å². The Labute approximate surface area is 119 Å². The molecule has 0 saturated heterocycles. The van der Waals surface area contributed by atoms with Crippen molar-refractivity contribution in [2.75, 3.05) is 5.32 Å². The molecule has 1 aromatic carbocycles. The van der Waals surface area contributed by atoms with Gasteiger partial charge in [-0.05, 0) is 37.0 Å².